The highest BCUT2D eigenvalue weighted by Crippen LogP contribution is 2.38. The van der Waals surface area contributed by atoms with Crippen LogP contribution in [0, 0.1) is 0 Å². The van der Waals surface area contributed by atoms with Crippen molar-refractivity contribution in [3.05, 3.63) is 109 Å². The lowest BCUT2D eigenvalue weighted by atomic mass is 9.99. The summed E-state index contributed by atoms with van der Waals surface area (Å²) in [6.45, 7) is 0. The summed E-state index contributed by atoms with van der Waals surface area (Å²) in [6, 6.07) is 37.4. The van der Waals surface area contributed by atoms with E-state index in [-0.39, 0.29) is 0 Å². The molecule has 0 heterocycles. The van der Waals surface area contributed by atoms with Gasteiger partial charge in [-0.3, -0.25) is 0 Å². The largest absolute Gasteiger partial charge is 0.150 e. The smallest absolute Gasteiger partial charge is 0.101 e. The van der Waals surface area contributed by atoms with E-state index in [2.05, 4.69) is 77.9 Å². The second kappa shape index (κ2) is 7.09. The lowest BCUT2D eigenvalue weighted by Crippen LogP contribution is -1.81. The Morgan fingerprint density at radius 3 is 1.89 bits per heavy atom. The predicted octanol–water partition coefficient (Wildman–Crippen LogP) is 8.08. The second-order valence-corrected chi connectivity index (χ2v) is 6.75. The number of benzene rings is 5. The molecule has 0 fully saturated rings. The number of hydrogen-bond donors (Lipinski definition) is 0. The summed E-state index contributed by atoms with van der Waals surface area (Å²) in [6.07, 6.45) is 0. The molecule has 0 aliphatic rings. The monoisotopic (exact) mass is 358 g/mol. The molecule has 0 atom stereocenters. The Labute approximate surface area is 163 Å². The minimum atomic E-state index is 0.880. The number of nitrogens with zero attached hydrogens (tertiary/aromatic N) is 2. The van der Waals surface area contributed by atoms with Gasteiger partial charge in [-0.15, -0.1) is 10.2 Å². The fourth-order valence-corrected chi connectivity index (χ4v) is 3.61. The standard InChI is InChI=1S/C26H18N2/c1-2-9-20(10-3-1)24-18-17-21-12-5-7-15-23(21)26(24)28-27-25-16-8-13-19-11-4-6-14-22(19)25/h1-18H. The first-order valence-corrected chi connectivity index (χ1v) is 9.37. The van der Waals surface area contributed by atoms with Crippen molar-refractivity contribution in [2.45, 2.75) is 0 Å². The van der Waals surface area contributed by atoms with Crippen LogP contribution in [0.15, 0.2) is 119 Å². The van der Waals surface area contributed by atoms with Crippen LogP contribution in [-0.2, 0) is 0 Å². The third-order valence-corrected chi connectivity index (χ3v) is 5.01. The number of hydrogen-bond acceptors (Lipinski definition) is 2. The fourth-order valence-electron chi connectivity index (χ4n) is 3.61. The van der Waals surface area contributed by atoms with Crippen LogP contribution in [-0.4, -0.2) is 0 Å². The molecule has 0 radical (unpaired) electrons. The average molecular weight is 358 g/mol. The Bertz CT molecular complexity index is 1300. The summed E-state index contributed by atoms with van der Waals surface area (Å²) in [4.78, 5) is 0. The van der Waals surface area contributed by atoms with Crippen molar-refractivity contribution in [3.8, 4) is 11.1 Å². The summed E-state index contributed by atoms with van der Waals surface area (Å²) in [5, 5.41) is 14.0. The van der Waals surface area contributed by atoms with Crippen molar-refractivity contribution in [3.63, 3.8) is 0 Å². The van der Waals surface area contributed by atoms with Gasteiger partial charge in [0.2, 0.25) is 0 Å². The van der Waals surface area contributed by atoms with Crippen molar-refractivity contribution in [2.24, 2.45) is 10.2 Å². The number of azo groups is 1. The van der Waals surface area contributed by atoms with Crippen LogP contribution in [0.25, 0.3) is 32.7 Å². The van der Waals surface area contributed by atoms with Gasteiger partial charge in [0.25, 0.3) is 0 Å². The van der Waals surface area contributed by atoms with Gasteiger partial charge in [-0.2, -0.15) is 0 Å². The average Bonchev–Trinajstić information content (AvgIpc) is 2.78. The van der Waals surface area contributed by atoms with Gasteiger partial charge in [0, 0.05) is 16.3 Å². The van der Waals surface area contributed by atoms with Crippen LogP contribution in [0.1, 0.15) is 0 Å². The van der Waals surface area contributed by atoms with E-state index in [4.69, 9.17) is 5.11 Å². The molecule has 2 heteroatoms. The lowest BCUT2D eigenvalue weighted by molar-refractivity contribution is 1.25. The highest BCUT2D eigenvalue weighted by atomic mass is 15.1. The van der Waals surface area contributed by atoms with Gasteiger partial charge in [0.05, 0.1) is 5.69 Å². The Morgan fingerprint density at radius 1 is 0.429 bits per heavy atom. The molecular weight excluding hydrogens is 340 g/mol. The Kier molecular flexibility index (Phi) is 4.15. The summed E-state index contributed by atoms with van der Waals surface area (Å²) in [5.41, 5.74) is 4.01. The molecule has 0 saturated heterocycles. The van der Waals surface area contributed by atoms with E-state index in [1.54, 1.807) is 0 Å². The maximum absolute atomic E-state index is 4.76. The summed E-state index contributed by atoms with van der Waals surface area (Å²) in [7, 11) is 0. The van der Waals surface area contributed by atoms with Gasteiger partial charge < -0.3 is 0 Å². The highest BCUT2D eigenvalue weighted by molar-refractivity contribution is 6.00. The zero-order valence-electron chi connectivity index (χ0n) is 15.3. The second-order valence-electron chi connectivity index (χ2n) is 6.75. The Morgan fingerprint density at radius 2 is 1.07 bits per heavy atom. The van der Waals surface area contributed by atoms with Crippen LogP contribution in [0.4, 0.5) is 11.4 Å². The van der Waals surface area contributed by atoms with Crippen LogP contribution in [0.2, 0.25) is 0 Å². The van der Waals surface area contributed by atoms with E-state index in [0.29, 0.717) is 0 Å². The molecule has 0 bridgehead atoms. The van der Waals surface area contributed by atoms with Crippen molar-refractivity contribution < 1.29 is 0 Å². The molecule has 132 valence electrons. The third kappa shape index (κ3) is 2.95. The van der Waals surface area contributed by atoms with E-state index in [1.165, 1.54) is 5.39 Å². The van der Waals surface area contributed by atoms with Gasteiger partial charge in [-0.1, -0.05) is 103 Å². The first-order chi connectivity index (χ1) is 13.9. The van der Waals surface area contributed by atoms with E-state index < -0.39 is 0 Å². The SMILES string of the molecule is c1ccc(-c2ccc3ccccc3c2N=Nc2cccc3ccccc23)cc1. The molecule has 0 aromatic heterocycles. The molecule has 0 unspecified atom stereocenters. The highest BCUT2D eigenvalue weighted by Gasteiger charge is 2.09. The quantitative estimate of drug-likeness (QED) is 0.291. The minimum absolute atomic E-state index is 0.880. The fraction of sp³-hybridized carbons (Fsp3) is 0. The van der Waals surface area contributed by atoms with Crippen LogP contribution in [0.3, 0.4) is 0 Å². The van der Waals surface area contributed by atoms with Crippen LogP contribution < -0.4 is 0 Å². The summed E-state index contributed by atoms with van der Waals surface area (Å²) < 4.78 is 0. The van der Waals surface area contributed by atoms with Crippen molar-refractivity contribution in [1.29, 1.82) is 0 Å². The van der Waals surface area contributed by atoms with Crippen molar-refractivity contribution >= 4 is 32.9 Å². The van der Waals surface area contributed by atoms with E-state index in [1.807, 2.05) is 36.4 Å². The zero-order chi connectivity index (χ0) is 18.8. The van der Waals surface area contributed by atoms with E-state index >= 15 is 0 Å². The van der Waals surface area contributed by atoms with Gasteiger partial charge >= 0.3 is 0 Å². The normalized spacial score (nSPS) is 11.4. The molecule has 0 aliphatic heterocycles. The van der Waals surface area contributed by atoms with Crippen molar-refractivity contribution in [1.82, 2.24) is 0 Å². The maximum Gasteiger partial charge on any atom is 0.101 e. The number of fused-ring (bicyclic) bond motifs is 2. The first kappa shape index (κ1) is 16.4. The molecule has 2 nitrogen and oxygen atoms in total. The topological polar surface area (TPSA) is 24.7 Å². The molecule has 0 N–H and O–H groups in total. The van der Waals surface area contributed by atoms with E-state index in [9.17, 15) is 0 Å². The molecule has 5 aromatic rings. The third-order valence-electron chi connectivity index (χ3n) is 5.01. The number of rotatable bonds is 3. The van der Waals surface area contributed by atoms with E-state index in [0.717, 1.165) is 38.7 Å². The molecule has 5 aromatic carbocycles. The zero-order valence-corrected chi connectivity index (χ0v) is 15.3. The predicted molar refractivity (Wildman–Crippen MR) is 118 cm³/mol. The minimum Gasteiger partial charge on any atom is -0.150 e. The van der Waals surface area contributed by atoms with Gasteiger partial charge in [0.1, 0.15) is 5.69 Å². The van der Waals surface area contributed by atoms with Crippen molar-refractivity contribution in [2.75, 3.05) is 0 Å². The molecule has 0 amide bonds. The lowest BCUT2D eigenvalue weighted by Gasteiger charge is -2.09. The Hall–Kier alpha value is -3.78. The molecule has 0 saturated carbocycles. The molecule has 0 spiro atoms. The Balaban J connectivity index is 1.72. The van der Waals surface area contributed by atoms with Gasteiger partial charge in [-0.25, -0.2) is 0 Å². The van der Waals surface area contributed by atoms with Gasteiger partial charge in [0.15, 0.2) is 0 Å². The first-order valence-electron chi connectivity index (χ1n) is 9.37. The summed E-state index contributed by atoms with van der Waals surface area (Å²) >= 11 is 0. The summed E-state index contributed by atoms with van der Waals surface area (Å²) in [5.74, 6) is 0. The molecule has 28 heavy (non-hydrogen) atoms. The van der Waals surface area contributed by atoms with Crippen LogP contribution >= 0.6 is 0 Å². The molecule has 5 rings (SSSR count). The molecular formula is C26H18N2. The molecule has 0 aliphatic carbocycles. The van der Waals surface area contributed by atoms with Gasteiger partial charge in [-0.05, 0) is 22.4 Å². The maximum atomic E-state index is 4.76. The van der Waals surface area contributed by atoms with Crippen LogP contribution in [0.5, 0.6) is 0 Å².